The highest BCUT2D eigenvalue weighted by Crippen LogP contribution is 2.23. The zero-order valence-electron chi connectivity index (χ0n) is 15.5. The predicted octanol–water partition coefficient (Wildman–Crippen LogP) is 3.22. The van der Waals surface area contributed by atoms with Crippen LogP contribution in [-0.2, 0) is 11.3 Å². The average Bonchev–Trinajstić information content (AvgIpc) is 3.07. The molecule has 0 atom stereocenters. The molecule has 0 spiro atoms. The van der Waals surface area contributed by atoms with Gasteiger partial charge in [-0.25, -0.2) is 0 Å². The lowest BCUT2D eigenvalue weighted by atomic mass is 10.1. The van der Waals surface area contributed by atoms with Gasteiger partial charge in [-0.1, -0.05) is 23.3 Å². The zero-order chi connectivity index (χ0) is 18.2. The lowest BCUT2D eigenvalue weighted by Gasteiger charge is -2.36. The Hall–Kier alpha value is -1.08. The number of hydrogen-bond acceptors (Lipinski definition) is 4. The Labute approximate surface area is 165 Å². The molecule has 0 bridgehead atoms. The van der Waals surface area contributed by atoms with Gasteiger partial charge in [-0.15, -0.1) is 11.3 Å². The van der Waals surface area contributed by atoms with Crippen molar-refractivity contribution in [1.82, 2.24) is 15.1 Å². The van der Waals surface area contributed by atoms with Gasteiger partial charge in [0.25, 0.3) is 0 Å². The molecule has 26 heavy (non-hydrogen) atoms. The van der Waals surface area contributed by atoms with Crippen LogP contribution in [0.2, 0.25) is 4.34 Å². The summed E-state index contributed by atoms with van der Waals surface area (Å²) in [5, 5.41) is 3.46. The highest BCUT2D eigenvalue weighted by Gasteiger charge is 2.20. The lowest BCUT2D eigenvalue weighted by molar-refractivity contribution is 0.153. The Morgan fingerprint density at radius 2 is 2.15 bits per heavy atom. The molecule has 0 aliphatic carbocycles. The van der Waals surface area contributed by atoms with Gasteiger partial charge in [-0.3, -0.25) is 9.89 Å². The number of ether oxygens (including phenoxy) is 1. The van der Waals surface area contributed by atoms with Crippen molar-refractivity contribution in [2.45, 2.75) is 26.3 Å². The Morgan fingerprint density at radius 3 is 2.81 bits per heavy atom. The van der Waals surface area contributed by atoms with E-state index in [2.05, 4.69) is 34.2 Å². The summed E-state index contributed by atoms with van der Waals surface area (Å²) < 4.78 is 6.25. The fourth-order valence-corrected chi connectivity index (χ4v) is 4.43. The van der Waals surface area contributed by atoms with E-state index in [1.165, 1.54) is 10.5 Å². The van der Waals surface area contributed by atoms with Crippen molar-refractivity contribution in [3.63, 3.8) is 0 Å². The summed E-state index contributed by atoms with van der Waals surface area (Å²) >= 11 is 7.72. The summed E-state index contributed by atoms with van der Waals surface area (Å²) in [6, 6.07) is 4.12. The first-order valence-electron chi connectivity index (χ1n) is 9.50. The SMILES string of the molecule is CCNC(=NCCC1=CCOCC1)N1CCN(Cc2ccc(Cl)s2)CC1. The third-order valence-electron chi connectivity index (χ3n) is 4.77. The molecule has 1 aromatic rings. The Balaban J connectivity index is 1.47. The first-order chi connectivity index (χ1) is 12.7. The van der Waals surface area contributed by atoms with E-state index in [0.29, 0.717) is 0 Å². The smallest absolute Gasteiger partial charge is 0.194 e. The Bertz CT molecular complexity index is 623. The first-order valence-corrected chi connectivity index (χ1v) is 10.7. The van der Waals surface area contributed by atoms with Crippen LogP contribution in [0.1, 0.15) is 24.6 Å². The van der Waals surface area contributed by atoms with Crippen molar-refractivity contribution in [2.75, 3.05) is 52.5 Å². The number of rotatable bonds is 6. The molecule has 1 fully saturated rings. The lowest BCUT2D eigenvalue weighted by Crippen LogP contribution is -2.52. The summed E-state index contributed by atoms with van der Waals surface area (Å²) in [5.41, 5.74) is 1.48. The van der Waals surface area contributed by atoms with E-state index in [4.69, 9.17) is 21.3 Å². The first kappa shape index (κ1) is 19.7. The fourth-order valence-electron chi connectivity index (χ4n) is 3.30. The number of thiophene rings is 1. The highest BCUT2D eigenvalue weighted by molar-refractivity contribution is 7.16. The van der Waals surface area contributed by atoms with Crippen molar-refractivity contribution >= 4 is 28.9 Å². The van der Waals surface area contributed by atoms with E-state index in [-0.39, 0.29) is 0 Å². The van der Waals surface area contributed by atoms with Crippen LogP contribution in [0, 0.1) is 0 Å². The maximum Gasteiger partial charge on any atom is 0.194 e. The average molecular weight is 397 g/mol. The normalized spacial score (nSPS) is 19.5. The van der Waals surface area contributed by atoms with Crippen LogP contribution in [0.15, 0.2) is 28.8 Å². The zero-order valence-corrected chi connectivity index (χ0v) is 17.1. The minimum absolute atomic E-state index is 0.760. The van der Waals surface area contributed by atoms with Crippen LogP contribution in [0.5, 0.6) is 0 Å². The van der Waals surface area contributed by atoms with E-state index in [0.717, 1.165) is 82.2 Å². The second-order valence-electron chi connectivity index (χ2n) is 6.64. The molecule has 3 heterocycles. The van der Waals surface area contributed by atoms with E-state index in [1.807, 2.05) is 6.07 Å². The van der Waals surface area contributed by atoms with Gasteiger partial charge in [-0.05, 0) is 31.9 Å². The second kappa shape index (κ2) is 10.3. The van der Waals surface area contributed by atoms with Crippen LogP contribution in [0.25, 0.3) is 0 Å². The standard InChI is InChI=1S/C19H29ClN4OS/c1-2-21-19(22-8-5-16-6-13-25-14-7-16)24-11-9-23(10-12-24)15-17-3-4-18(20)26-17/h3-4,6H,2,5,7-15H2,1H3,(H,21,22). The molecular formula is C19H29ClN4OS. The number of aliphatic imine (C=N–C) groups is 1. The van der Waals surface area contributed by atoms with Crippen LogP contribution < -0.4 is 5.32 Å². The van der Waals surface area contributed by atoms with Crippen molar-refractivity contribution in [3.05, 3.63) is 33.0 Å². The molecule has 1 aromatic heterocycles. The van der Waals surface area contributed by atoms with Crippen LogP contribution in [0.4, 0.5) is 0 Å². The van der Waals surface area contributed by atoms with E-state index in [9.17, 15) is 0 Å². The fraction of sp³-hybridized carbons (Fsp3) is 0.632. The number of nitrogens with one attached hydrogen (secondary N) is 1. The molecule has 3 rings (SSSR count). The van der Waals surface area contributed by atoms with Crippen LogP contribution in [-0.4, -0.2) is 68.2 Å². The number of guanidine groups is 1. The van der Waals surface area contributed by atoms with E-state index >= 15 is 0 Å². The quantitative estimate of drug-likeness (QED) is 0.455. The summed E-state index contributed by atoms with van der Waals surface area (Å²) in [4.78, 5) is 11.1. The molecule has 0 saturated carbocycles. The molecule has 0 aromatic carbocycles. The molecule has 1 saturated heterocycles. The van der Waals surface area contributed by atoms with E-state index in [1.54, 1.807) is 11.3 Å². The monoisotopic (exact) mass is 396 g/mol. The molecule has 144 valence electrons. The Morgan fingerprint density at radius 1 is 1.31 bits per heavy atom. The minimum atomic E-state index is 0.760. The second-order valence-corrected chi connectivity index (χ2v) is 8.44. The molecule has 5 nitrogen and oxygen atoms in total. The van der Waals surface area contributed by atoms with Gasteiger partial charge >= 0.3 is 0 Å². The third kappa shape index (κ3) is 5.98. The molecule has 0 amide bonds. The summed E-state index contributed by atoms with van der Waals surface area (Å²) in [6.07, 6.45) is 4.30. The third-order valence-corrected chi connectivity index (χ3v) is 5.98. The summed E-state index contributed by atoms with van der Waals surface area (Å²) in [5.74, 6) is 1.05. The molecule has 0 radical (unpaired) electrons. The van der Waals surface area contributed by atoms with Gasteiger partial charge < -0.3 is 15.0 Å². The number of hydrogen-bond donors (Lipinski definition) is 1. The number of halogens is 1. The van der Waals surface area contributed by atoms with Crippen molar-refractivity contribution < 1.29 is 4.74 Å². The number of nitrogens with zero attached hydrogens (tertiary/aromatic N) is 3. The molecule has 1 N–H and O–H groups in total. The van der Waals surface area contributed by atoms with Gasteiger partial charge in [-0.2, -0.15) is 0 Å². The summed E-state index contributed by atoms with van der Waals surface area (Å²) in [6.45, 7) is 10.6. The van der Waals surface area contributed by atoms with Crippen molar-refractivity contribution in [1.29, 1.82) is 0 Å². The Kier molecular flexibility index (Phi) is 7.80. The van der Waals surface area contributed by atoms with Crippen LogP contribution in [0.3, 0.4) is 0 Å². The largest absolute Gasteiger partial charge is 0.377 e. The highest BCUT2D eigenvalue weighted by atomic mass is 35.5. The molecular weight excluding hydrogens is 368 g/mol. The van der Waals surface area contributed by atoms with Gasteiger partial charge in [0.1, 0.15) is 0 Å². The van der Waals surface area contributed by atoms with Gasteiger partial charge in [0, 0.05) is 50.7 Å². The topological polar surface area (TPSA) is 40.1 Å². The maximum atomic E-state index is 6.04. The van der Waals surface area contributed by atoms with Crippen molar-refractivity contribution in [2.24, 2.45) is 4.99 Å². The molecule has 7 heteroatoms. The van der Waals surface area contributed by atoms with Crippen LogP contribution >= 0.6 is 22.9 Å². The summed E-state index contributed by atoms with van der Waals surface area (Å²) in [7, 11) is 0. The van der Waals surface area contributed by atoms with Gasteiger partial charge in [0.15, 0.2) is 5.96 Å². The minimum Gasteiger partial charge on any atom is -0.377 e. The van der Waals surface area contributed by atoms with Gasteiger partial charge in [0.05, 0.1) is 17.6 Å². The maximum absolute atomic E-state index is 6.04. The van der Waals surface area contributed by atoms with Gasteiger partial charge in [0.2, 0.25) is 0 Å². The van der Waals surface area contributed by atoms with E-state index < -0.39 is 0 Å². The predicted molar refractivity (Wildman–Crippen MR) is 110 cm³/mol. The number of piperazine rings is 1. The molecule has 0 unspecified atom stereocenters. The molecule has 2 aliphatic rings. The molecule has 2 aliphatic heterocycles. The van der Waals surface area contributed by atoms with Crippen molar-refractivity contribution in [3.8, 4) is 0 Å².